The fourth-order valence-corrected chi connectivity index (χ4v) is 8.91. The van der Waals surface area contributed by atoms with Crippen LogP contribution >= 0.6 is 0 Å². The van der Waals surface area contributed by atoms with E-state index >= 15 is 0 Å². The number of hydrogen-bond donors (Lipinski definition) is 0. The summed E-state index contributed by atoms with van der Waals surface area (Å²) in [4.78, 5) is 0. The van der Waals surface area contributed by atoms with Crippen molar-refractivity contribution >= 4 is 87.4 Å². The normalized spacial score (nSPS) is 11.9. The lowest BCUT2D eigenvalue weighted by molar-refractivity contribution is 0.669. The maximum absolute atomic E-state index is 6.54. The highest BCUT2D eigenvalue weighted by atomic mass is 16.3. The summed E-state index contributed by atoms with van der Waals surface area (Å²) >= 11 is 0. The third kappa shape index (κ3) is 4.66. The van der Waals surface area contributed by atoms with Gasteiger partial charge in [0.1, 0.15) is 11.2 Å². The van der Waals surface area contributed by atoms with Gasteiger partial charge in [0.05, 0.1) is 16.7 Å². The predicted octanol–water partition coefficient (Wildman–Crippen LogP) is 14.0. The van der Waals surface area contributed by atoms with Crippen LogP contribution in [0.25, 0.3) is 104 Å². The van der Waals surface area contributed by atoms with Gasteiger partial charge < -0.3 is 18.1 Å². The summed E-state index contributed by atoms with van der Waals surface area (Å²) in [6.07, 6.45) is 0. The topological polar surface area (TPSA) is 27.9 Å². The number of benzene rings is 9. The smallest absolute Gasteiger partial charge is 0.135 e. The fourth-order valence-electron chi connectivity index (χ4n) is 8.91. The fraction of sp³-hybridized carbons (Fsp3) is 0. The Hall–Kier alpha value is -7.56. The first kappa shape index (κ1) is 30.9. The number of furan rings is 1. The predicted molar refractivity (Wildman–Crippen MR) is 234 cm³/mol. The van der Waals surface area contributed by atoms with E-state index in [1.807, 2.05) is 0 Å². The molecular formula is C52H33N3O. The summed E-state index contributed by atoms with van der Waals surface area (Å²) in [6, 6.07) is 72.5. The molecule has 0 N–H and O–H groups in total. The molecule has 3 heterocycles. The lowest BCUT2D eigenvalue weighted by Gasteiger charge is -2.15. The summed E-state index contributed by atoms with van der Waals surface area (Å²) in [5.74, 6) is 0. The van der Waals surface area contributed by atoms with Crippen LogP contribution in [0.4, 0.5) is 0 Å². The summed E-state index contributed by atoms with van der Waals surface area (Å²) in [5.41, 5.74) is 11.7. The van der Waals surface area contributed by atoms with E-state index in [-0.39, 0.29) is 0 Å². The van der Waals surface area contributed by atoms with Crippen LogP contribution in [0.15, 0.2) is 205 Å². The van der Waals surface area contributed by atoms with Crippen LogP contribution in [-0.2, 0) is 0 Å². The van der Waals surface area contributed by atoms with Gasteiger partial charge in [-0.15, -0.1) is 0 Å². The SMILES string of the molecule is c1ccc(-n2c3ccccc3c3ccc(-n4c5cccc(c5)c5cccc(c5)n(-c5cccc6ccccc56)c5ccc6oc7ccc4cc7c6c5)cc32)cc1. The van der Waals surface area contributed by atoms with Gasteiger partial charge in [-0.1, -0.05) is 103 Å². The molecule has 0 aliphatic carbocycles. The molecule has 0 fully saturated rings. The van der Waals surface area contributed by atoms with Crippen molar-refractivity contribution in [1.82, 2.24) is 13.7 Å². The monoisotopic (exact) mass is 715 g/mol. The minimum absolute atomic E-state index is 0.861. The Morgan fingerprint density at radius 3 is 1.62 bits per heavy atom. The molecule has 9 aromatic carbocycles. The van der Waals surface area contributed by atoms with Gasteiger partial charge in [-0.3, -0.25) is 0 Å². The van der Waals surface area contributed by atoms with E-state index < -0.39 is 0 Å². The van der Waals surface area contributed by atoms with Crippen molar-refractivity contribution in [1.29, 1.82) is 0 Å². The lowest BCUT2D eigenvalue weighted by atomic mass is 10.1. The number of fused-ring (bicyclic) bond motifs is 11. The number of aromatic nitrogens is 3. The van der Waals surface area contributed by atoms with Crippen LogP contribution in [0.3, 0.4) is 0 Å². The van der Waals surface area contributed by atoms with E-state index in [2.05, 4.69) is 214 Å². The molecule has 0 aliphatic heterocycles. The minimum atomic E-state index is 0.861. The standard InChI is InChI=1S/C52H33N3O/c1-2-15-37(16-3-1)55-49-21-7-6-20-44(49)45-26-23-42(33-50(45)55)53-38-17-8-13-35(29-38)36-14-9-18-39(30-36)54(48-22-10-12-34-11-4-5-19-43(34)48)41-25-28-52-47(32-41)46-31-40(53)24-27-51(46)56-52/h1-33H. The highest BCUT2D eigenvalue weighted by Crippen LogP contribution is 2.37. The van der Waals surface area contributed by atoms with Crippen LogP contribution in [0.1, 0.15) is 0 Å². The van der Waals surface area contributed by atoms with Crippen molar-refractivity contribution in [2.24, 2.45) is 0 Å². The van der Waals surface area contributed by atoms with Crippen LogP contribution in [0.2, 0.25) is 0 Å². The highest BCUT2D eigenvalue weighted by Gasteiger charge is 2.16. The van der Waals surface area contributed by atoms with Crippen LogP contribution < -0.4 is 0 Å². The van der Waals surface area contributed by atoms with Gasteiger partial charge in [0.2, 0.25) is 0 Å². The molecule has 0 amide bonds. The van der Waals surface area contributed by atoms with Gasteiger partial charge in [0, 0.05) is 60.4 Å². The molecule has 0 spiro atoms. The molecule has 4 nitrogen and oxygen atoms in total. The molecule has 12 rings (SSSR count). The Bertz CT molecular complexity index is 3590. The van der Waals surface area contributed by atoms with Gasteiger partial charge in [-0.2, -0.15) is 0 Å². The van der Waals surface area contributed by atoms with Crippen LogP contribution in [0, 0.1) is 0 Å². The molecular weight excluding hydrogens is 683 g/mol. The quantitative estimate of drug-likeness (QED) is 0.179. The summed E-state index contributed by atoms with van der Waals surface area (Å²) in [7, 11) is 0. The number of rotatable bonds is 3. The van der Waals surface area contributed by atoms with Gasteiger partial charge >= 0.3 is 0 Å². The summed E-state index contributed by atoms with van der Waals surface area (Å²) in [6.45, 7) is 0. The first-order valence-corrected chi connectivity index (χ1v) is 19.1. The van der Waals surface area contributed by atoms with Gasteiger partial charge in [-0.05, 0) is 113 Å². The Morgan fingerprint density at radius 1 is 0.286 bits per heavy atom. The molecule has 0 saturated heterocycles. The van der Waals surface area contributed by atoms with Crippen molar-refractivity contribution in [3.63, 3.8) is 0 Å². The molecule has 8 bridgehead atoms. The molecule has 0 radical (unpaired) electrons. The Morgan fingerprint density at radius 2 is 0.857 bits per heavy atom. The molecule has 56 heavy (non-hydrogen) atoms. The molecule has 0 unspecified atom stereocenters. The highest BCUT2D eigenvalue weighted by molar-refractivity contribution is 6.11. The van der Waals surface area contributed by atoms with Crippen LogP contribution in [0.5, 0.6) is 0 Å². The van der Waals surface area contributed by atoms with E-state index in [1.165, 1.54) is 27.1 Å². The summed E-state index contributed by atoms with van der Waals surface area (Å²) < 4.78 is 13.7. The van der Waals surface area contributed by atoms with Crippen molar-refractivity contribution in [3.05, 3.63) is 200 Å². The lowest BCUT2D eigenvalue weighted by Crippen LogP contribution is -1.99. The second-order valence-corrected chi connectivity index (χ2v) is 14.6. The van der Waals surface area contributed by atoms with E-state index in [0.717, 1.165) is 77.4 Å². The molecule has 0 atom stereocenters. The zero-order chi connectivity index (χ0) is 36.7. The molecule has 4 heteroatoms. The van der Waals surface area contributed by atoms with Gasteiger partial charge in [0.15, 0.2) is 0 Å². The van der Waals surface area contributed by atoms with Crippen molar-refractivity contribution in [2.45, 2.75) is 0 Å². The third-order valence-electron chi connectivity index (χ3n) is 11.4. The average Bonchev–Trinajstić information content (AvgIpc) is 3.79. The summed E-state index contributed by atoms with van der Waals surface area (Å²) in [5, 5.41) is 9.30. The van der Waals surface area contributed by atoms with E-state index in [1.54, 1.807) is 0 Å². The van der Waals surface area contributed by atoms with Crippen molar-refractivity contribution in [3.8, 4) is 17.1 Å². The minimum Gasteiger partial charge on any atom is -0.456 e. The Balaban J connectivity index is 1.23. The Kier molecular flexibility index (Phi) is 6.60. The van der Waals surface area contributed by atoms with Crippen LogP contribution in [-0.4, -0.2) is 13.7 Å². The zero-order valence-corrected chi connectivity index (χ0v) is 30.3. The Labute approximate surface area is 321 Å². The third-order valence-corrected chi connectivity index (χ3v) is 11.4. The van der Waals surface area contributed by atoms with E-state index in [9.17, 15) is 0 Å². The molecule has 262 valence electrons. The molecule has 12 aromatic rings. The van der Waals surface area contributed by atoms with Gasteiger partial charge in [0.25, 0.3) is 0 Å². The average molecular weight is 716 g/mol. The first-order chi connectivity index (χ1) is 27.7. The zero-order valence-electron chi connectivity index (χ0n) is 30.3. The molecule has 0 saturated carbocycles. The number of para-hydroxylation sites is 2. The first-order valence-electron chi connectivity index (χ1n) is 19.1. The second-order valence-electron chi connectivity index (χ2n) is 14.6. The molecule has 3 aromatic heterocycles. The van der Waals surface area contributed by atoms with Gasteiger partial charge in [-0.25, -0.2) is 0 Å². The van der Waals surface area contributed by atoms with Crippen molar-refractivity contribution in [2.75, 3.05) is 0 Å². The maximum Gasteiger partial charge on any atom is 0.135 e. The maximum atomic E-state index is 6.54. The second kappa shape index (κ2) is 12.0. The largest absolute Gasteiger partial charge is 0.456 e. The van der Waals surface area contributed by atoms with E-state index in [4.69, 9.17) is 4.42 Å². The number of nitrogens with zero attached hydrogens (tertiary/aromatic N) is 3. The van der Waals surface area contributed by atoms with Crippen molar-refractivity contribution < 1.29 is 4.42 Å². The van der Waals surface area contributed by atoms with E-state index in [0.29, 0.717) is 0 Å². The number of hydrogen-bond acceptors (Lipinski definition) is 1. The molecule has 0 aliphatic rings.